The molecule has 0 saturated heterocycles. The van der Waals surface area contributed by atoms with E-state index in [0.717, 1.165) is 25.3 Å². The molecule has 1 aliphatic carbocycles. The van der Waals surface area contributed by atoms with Gasteiger partial charge in [0.2, 0.25) is 0 Å². The summed E-state index contributed by atoms with van der Waals surface area (Å²) in [5.74, 6) is 1.15. The van der Waals surface area contributed by atoms with Gasteiger partial charge in [-0.15, -0.1) is 0 Å². The summed E-state index contributed by atoms with van der Waals surface area (Å²) in [6.07, 6.45) is 6.19. The molecule has 1 heterocycles. The van der Waals surface area contributed by atoms with E-state index in [1.165, 1.54) is 36.9 Å². The number of rotatable bonds is 7. The van der Waals surface area contributed by atoms with Crippen molar-refractivity contribution in [2.75, 3.05) is 18.5 Å². The molecule has 1 aromatic rings. The number of hydrogen-bond donors (Lipinski definition) is 1. The molecule has 0 spiro atoms. The Labute approximate surface area is 117 Å². The molecule has 0 aromatic carbocycles. The van der Waals surface area contributed by atoms with Crippen LogP contribution in [-0.4, -0.2) is 24.6 Å². The lowest BCUT2D eigenvalue weighted by Gasteiger charge is -2.36. The van der Waals surface area contributed by atoms with Crippen LogP contribution < -0.4 is 10.2 Å². The average molecular weight is 261 g/mol. The number of anilines is 1. The minimum absolute atomic E-state index is 0.705. The first kappa shape index (κ1) is 14.3. The predicted molar refractivity (Wildman–Crippen MR) is 81.7 cm³/mol. The topological polar surface area (TPSA) is 28.2 Å². The van der Waals surface area contributed by atoms with Gasteiger partial charge < -0.3 is 10.2 Å². The van der Waals surface area contributed by atoms with Crippen molar-refractivity contribution in [1.82, 2.24) is 10.3 Å². The van der Waals surface area contributed by atoms with E-state index in [2.05, 4.69) is 43.2 Å². The highest BCUT2D eigenvalue weighted by atomic mass is 15.2. The molecule has 0 atom stereocenters. The Kier molecular flexibility index (Phi) is 5.20. The van der Waals surface area contributed by atoms with Crippen LogP contribution in [0.1, 0.15) is 50.8 Å². The summed E-state index contributed by atoms with van der Waals surface area (Å²) < 4.78 is 0. The van der Waals surface area contributed by atoms with Crippen LogP contribution in [0.25, 0.3) is 0 Å². The average Bonchev–Trinajstić information content (AvgIpc) is 2.36. The molecule has 0 unspecified atom stereocenters. The Morgan fingerprint density at radius 3 is 2.68 bits per heavy atom. The van der Waals surface area contributed by atoms with E-state index >= 15 is 0 Å². The molecule has 3 nitrogen and oxygen atoms in total. The lowest BCUT2D eigenvalue weighted by Crippen LogP contribution is -2.37. The van der Waals surface area contributed by atoms with Crippen LogP contribution in [0.5, 0.6) is 0 Å². The fourth-order valence-corrected chi connectivity index (χ4v) is 2.47. The summed E-state index contributed by atoms with van der Waals surface area (Å²) in [5.41, 5.74) is 2.57. The molecule has 1 aliphatic rings. The lowest BCUT2D eigenvalue weighted by atomic mass is 9.92. The quantitative estimate of drug-likeness (QED) is 0.764. The van der Waals surface area contributed by atoms with Crippen LogP contribution in [-0.2, 0) is 13.0 Å². The third kappa shape index (κ3) is 3.69. The second kappa shape index (κ2) is 6.90. The Balaban J connectivity index is 2.10. The normalized spacial score (nSPS) is 15.3. The van der Waals surface area contributed by atoms with Crippen molar-refractivity contribution in [3.05, 3.63) is 23.4 Å². The zero-order valence-electron chi connectivity index (χ0n) is 12.6. The van der Waals surface area contributed by atoms with E-state index in [1.807, 2.05) is 0 Å². The predicted octanol–water partition coefficient (Wildman–Crippen LogP) is 3.13. The van der Waals surface area contributed by atoms with E-state index in [-0.39, 0.29) is 0 Å². The van der Waals surface area contributed by atoms with Gasteiger partial charge in [-0.05, 0) is 56.3 Å². The SMILES string of the molecule is CCCNCc1cc(CC)nc(N(C)C2CCC2)c1. The Bertz CT molecular complexity index is 399. The summed E-state index contributed by atoms with van der Waals surface area (Å²) in [7, 11) is 2.19. The smallest absolute Gasteiger partial charge is 0.129 e. The number of hydrogen-bond acceptors (Lipinski definition) is 3. The summed E-state index contributed by atoms with van der Waals surface area (Å²) in [6.45, 7) is 6.41. The van der Waals surface area contributed by atoms with Crippen molar-refractivity contribution in [1.29, 1.82) is 0 Å². The maximum Gasteiger partial charge on any atom is 0.129 e. The highest BCUT2D eigenvalue weighted by Crippen LogP contribution is 2.27. The molecule has 106 valence electrons. The monoisotopic (exact) mass is 261 g/mol. The van der Waals surface area contributed by atoms with E-state index in [9.17, 15) is 0 Å². The Morgan fingerprint density at radius 2 is 2.11 bits per heavy atom. The zero-order valence-corrected chi connectivity index (χ0v) is 12.6. The number of aromatic nitrogens is 1. The maximum atomic E-state index is 4.78. The molecule has 1 fully saturated rings. The molecular formula is C16H27N3. The highest BCUT2D eigenvalue weighted by Gasteiger charge is 2.23. The van der Waals surface area contributed by atoms with Crippen molar-refractivity contribution < 1.29 is 0 Å². The number of nitrogens with one attached hydrogen (secondary N) is 1. The number of pyridine rings is 1. The summed E-state index contributed by atoms with van der Waals surface area (Å²) in [6, 6.07) is 5.19. The number of nitrogens with zero attached hydrogens (tertiary/aromatic N) is 2. The minimum atomic E-state index is 0.705. The van der Waals surface area contributed by atoms with Gasteiger partial charge in [0.05, 0.1) is 0 Å². The highest BCUT2D eigenvalue weighted by molar-refractivity contribution is 5.43. The summed E-state index contributed by atoms with van der Waals surface area (Å²) >= 11 is 0. The van der Waals surface area contributed by atoms with Crippen molar-refractivity contribution in [2.24, 2.45) is 0 Å². The van der Waals surface area contributed by atoms with Gasteiger partial charge in [0.1, 0.15) is 5.82 Å². The van der Waals surface area contributed by atoms with Crippen molar-refractivity contribution in [2.45, 2.75) is 58.5 Å². The van der Waals surface area contributed by atoms with Gasteiger partial charge in [-0.1, -0.05) is 13.8 Å². The Hall–Kier alpha value is -1.09. The largest absolute Gasteiger partial charge is 0.357 e. The van der Waals surface area contributed by atoms with E-state index in [1.54, 1.807) is 0 Å². The molecule has 0 radical (unpaired) electrons. The van der Waals surface area contributed by atoms with E-state index in [4.69, 9.17) is 4.98 Å². The fourth-order valence-electron chi connectivity index (χ4n) is 2.47. The molecule has 0 amide bonds. The molecule has 1 saturated carbocycles. The second-order valence-electron chi connectivity index (χ2n) is 5.55. The van der Waals surface area contributed by atoms with Gasteiger partial charge >= 0.3 is 0 Å². The van der Waals surface area contributed by atoms with E-state index in [0.29, 0.717) is 6.04 Å². The molecule has 1 aromatic heterocycles. The van der Waals surface area contributed by atoms with Gasteiger partial charge in [0.25, 0.3) is 0 Å². The molecule has 2 rings (SSSR count). The van der Waals surface area contributed by atoms with Gasteiger partial charge in [-0.25, -0.2) is 4.98 Å². The van der Waals surface area contributed by atoms with Crippen molar-refractivity contribution in [3.63, 3.8) is 0 Å². The van der Waals surface area contributed by atoms with Gasteiger partial charge in [0.15, 0.2) is 0 Å². The summed E-state index contributed by atoms with van der Waals surface area (Å²) in [5, 5.41) is 3.48. The van der Waals surface area contributed by atoms with Crippen LogP contribution in [0.2, 0.25) is 0 Å². The second-order valence-corrected chi connectivity index (χ2v) is 5.55. The third-order valence-corrected chi connectivity index (χ3v) is 4.03. The fraction of sp³-hybridized carbons (Fsp3) is 0.688. The first-order chi connectivity index (χ1) is 9.24. The molecule has 0 aliphatic heterocycles. The molecule has 1 N–H and O–H groups in total. The standard InChI is InChI=1S/C16H27N3/c1-4-9-17-12-13-10-14(5-2)18-16(11-13)19(3)15-7-6-8-15/h10-11,15,17H,4-9,12H2,1-3H3. The number of aryl methyl sites for hydroxylation is 1. The van der Waals surface area contributed by atoms with Crippen LogP contribution >= 0.6 is 0 Å². The van der Waals surface area contributed by atoms with Crippen LogP contribution in [0.15, 0.2) is 12.1 Å². The van der Waals surface area contributed by atoms with Crippen LogP contribution in [0, 0.1) is 0 Å². The first-order valence-electron chi connectivity index (χ1n) is 7.68. The minimum Gasteiger partial charge on any atom is -0.357 e. The van der Waals surface area contributed by atoms with Crippen molar-refractivity contribution in [3.8, 4) is 0 Å². The van der Waals surface area contributed by atoms with Gasteiger partial charge in [-0.3, -0.25) is 0 Å². The maximum absolute atomic E-state index is 4.78. The van der Waals surface area contributed by atoms with Crippen LogP contribution in [0.3, 0.4) is 0 Å². The summed E-state index contributed by atoms with van der Waals surface area (Å²) in [4.78, 5) is 7.15. The van der Waals surface area contributed by atoms with E-state index < -0.39 is 0 Å². The molecule has 3 heteroatoms. The third-order valence-electron chi connectivity index (χ3n) is 4.03. The van der Waals surface area contributed by atoms with Crippen LogP contribution in [0.4, 0.5) is 5.82 Å². The molecule has 19 heavy (non-hydrogen) atoms. The molecular weight excluding hydrogens is 234 g/mol. The first-order valence-corrected chi connectivity index (χ1v) is 7.68. The van der Waals surface area contributed by atoms with Gasteiger partial charge in [-0.2, -0.15) is 0 Å². The zero-order chi connectivity index (χ0) is 13.7. The van der Waals surface area contributed by atoms with Crippen molar-refractivity contribution >= 4 is 5.82 Å². The Morgan fingerprint density at radius 1 is 1.32 bits per heavy atom. The lowest BCUT2D eigenvalue weighted by molar-refractivity contribution is 0.399. The van der Waals surface area contributed by atoms with Gasteiger partial charge in [0, 0.05) is 25.3 Å². The molecule has 0 bridgehead atoms.